The lowest BCUT2D eigenvalue weighted by Gasteiger charge is -2.35. The molecular weight excluding hydrogens is 394 g/mol. The molecule has 0 aliphatic carbocycles. The molecule has 1 aliphatic heterocycles. The smallest absolute Gasteiger partial charge is 0.409 e. The molecule has 150 valence electrons. The Balaban J connectivity index is 1.99. The summed E-state index contributed by atoms with van der Waals surface area (Å²) in [7, 11) is -3.79. The third-order valence-corrected chi connectivity index (χ3v) is 6.46. The number of rotatable bonds is 6. The normalized spacial score (nSPS) is 15.1. The number of nitrogens with zero attached hydrogens (tertiary/aromatic N) is 3. The monoisotopic (exact) mass is 417 g/mol. The van der Waals surface area contributed by atoms with Crippen molar-refractivity contribution in [1.29, 1.82) is 0 Å². The number of ether oxygens (including phenoxy) is 1. The van der Waals surface area contributed by atoms with Crippen molar-refractivity contribution >= 4 is 33.6 Å². The van der Waals surface area contributed by atoms with Crippen molar-refractivity contribution in [2.45, 2.75) is 18.7 Å². The number of hydrogen-bond acceptors (Lipinski definition) is 5. The molecule has 1 fully saturated rings. The average molecular weight is 418 g/mol. The van der Waals surface area contributed by atoms with Crippen LogP contribution in [0.5, 0.6) is 0 Å². The molecule has 0 unspecified atom stereocenters. The van der Waals surface area contributed by atoms with Crippen molar-refractivity contribution in [2.24, 2.45) is 0 Å². The second kappa shape index (κ2) is 9.38. The van der Waals surface area contributed by atoms with E-state index in [0.717, 1.165) is 4.31 Å². The van der Waals surface area contributed by atoms with Crippen molar-refractivity contribution in [1.82, 2.24) is 14.1 Å². The molecule has 0 saturated carbocycles. The number of benzene rings is 1. The number of amides is 2. The summed E-state index contributed by atoms with van der Waals surface area (Å²) in [6, 6.07) is 5.84. The summed E-state index contributed by atoms with van der Waals surface area (Å²) in [5.74, 6) is -0.294. The first-order valence-corrected chi connectivity index (χ1v) is 10.6. The predicted octanol–water partition coefficient (Wildman–Crippen LogP) is 1.65. The standard InChI is InChI=1S/C17H24ClN3O5S/c1-3-21(27(24,25)15-7-5-14(18)6-8-15)13-16(22)19-9-11-20(12-10-19)17(23)26-4-2/h5-8H,3-4,9-13H2,1-2H3. The van der Waals surface area contributed by atoms with Crippen LogP contribution in [0.4, 0.5) is 4.79 Å². The van der Waals surface area contributed by atoms with Crippen LogP contribution < -0.4 is 0 Å². The highest BCUT2D eigenvalue weighted by molar-refractivity contribution is 7.89. The summed E-state index contributed by atoms with van der Waals surface area (Å²) in [5, 5.41) is 0.438. The molecule has 1 aromatic rings. The fourth-order valence-corrected chi connectivity index (χ4v) is 4.25. The molecule has 0 atom stereocenters. The Kier molecular flexibility index (Phi) is 7.46. The summed E-state index contributed by atoms with van der Waals surface area (Å²) in [6.07, 6.45) is -0.398. The number of hydrogen-bond donors (Lipinski definition) is 0. The second-order valence-corrected chi connectivity index (χ2v) is 8.33. The van der Waals surface area contributed by atoms with Crippen LogP contribution in [-0.2, 0) is 19.6 Å². The minimum absolute atomic E-state index is 0.0914. The Labute approximate surface area is 164 Å². The first-order chi connectivity index (χ1) is 12.8. The Morgan fingerprint density at radius 3 is 2.15 bits per heavy atom. The molecule has 27 heavy (non-hydrogen) atoms. The van der Waals surface area contributed by atoms with Gasteiger partial charge in [-0.3, -0.25) is 4.79 Å². The van der Waals surface area contributed by atoms with Gasteiger partial charge in [0.15, 0.2) is 0 Å². The van der Waals surface area contributed by atoms with E-state index in [1.807, 2.05) is 0 Å². The fraction of sp³-hybridized carbons (Fsp3) is 0.529. The lowest BCUT2D eigenvalue weighted by Crippen LogP contribution is -2.53. The average Bonchev–Trinajstić information content (AvgIpc) is 2.66. The molecule has 10 heteroatoms. The van der Waals surface area contributed by atoms with Gasteiger partial charge in [0.2, 0.25) is 15.9 Å². The van der Waals surface area contributed by atoms with E-state index < -0.39 is 16.1 Å². The summed E-state index contributed by atoms with van der Waals surface area (Å²) in [5.41, 5.74) is 0. The third-order valence-electron chi connectivity index (χ3n) is 4.27. The van der Waals surface area contributed by atoms with Crippen LogP contribution in [0.1, 0.15) is 13.8 Å². The van der Waals surface area contributed by atoms with Crippen molar-refractivity contribution in [3.05, 3.63) is 29.3 Å². The highest BCUT2D eigenvalue weighted by Gasteiger charge is 2.29. The maximum atomic E-state index is 12.7. The number of carbonyl (C=O) groups excluding carboxylic acids is 2. The maximum Gasteiger partial charge on any atom is 0.409 e. The van der Waals surface area contributed by atoms with Crippen LogP contribution in [0.25, 0.3) is 0 Å². The lowest BCUT2D eigenvalue weighted by atomic mass is 10.3. The highest BCUT2D eigenvalue weighted by atomic mass is 35.5. The van der Waals surface area contributed by atoms with Crippen molar-refractivity contribution in [2.75, 3.05) is 45.9 Å². The van der Waals surface area contributed by atoms with Gasteiger partial charge in [-0.1, -0.05) is 18.5 Å². The van der Waals surface area contributed by atoms with E-state index in [1.54, 1.807) is 18.7 Å². The van der Waals surface area contributed by atoms with Crippen LogP contribution in [0.15, 0.2) is 29.2 Å². The Bertz CT molecular complexity index is 761. The maximum absolute atomic E-state index is 12.7. The third kappa shape index (κ3) is 5.33. The van der Waals surface area contributed by atoms with Crippen LogP contribution >= 0.6 is 11.6 Å². The van der Waals surface area contributed by atoms with Gasteiger partial charge in [0.25, 0.3) is 0 Å². The molecule has 0 radical (unpaired) electrons. The quantitative estimate of drug-likeness (QED) is 0.702. The van der Waals surface area contributed by atoms with Gasteiger partial charge >= 0.3 is 6.09 Å². The number of carbonyl (C=O) groups is 2. The Hall–Kier alpha value is -1.84. The first-order valence-electron chi connectivity index (χ1n) is 8.74. The van der Waals surface area contributed by atoms with Gasteiger partial charge in [0, 0.05) is 37.7 Å². The van der Waals surface area contributed by atoms with Gasteiger partial charge in [0.1, 0.15) is 0 Å². The summed E-state index contributed by atoms with van der Waals surface area (Å²) >= 11 is 5.81. The summed E-state index contributed by atoms with van der Waals surface area (Å²) in [4.78, 5) is 27.5. The number of likely N-dealkylation sites (N-methyl/N-ethyl adjacent to an activating group) is 1. The topological polar surface area (TPSA) is 87.2 Å². The molecule has 1 heterocycles. The molecule has 1 aliphatic rings. The molecule has 1 aromatic carbocycles. The molecule has 2 rings (SSSR count). The molecule has 0 bridgehead atoms. The zero-order valence-electron chi connectivity index (χ0n) is 15.4. The minimum atomic E-state index is -3.79. The van der Waals surface area contributed by atoms with Crippen molar-refractivity contribution < 1.29 is 22.7 Å². The van der Waals surface area contributed by atoms with Crippen LogP contribution in [0, 0.1) is 0 Å². The predicted molar refractivity (Wildman–Crippen MR) is 101 cm³/mol. The fourth-order valence-electron chi connectivity index (χ4n) is 2.73. The number of piperazine rings is 1. The second-order valence-electron chi connectivity index (χ2n) is 5.95. The zero-order chi connectivity index (χ0) is 20.0. The molecular formula is C17H24ClN3O5S. The lowest BCUT2D eigenvalue weighted by molar-refractivity contribution is -0.133. The molecule has 0 spiro atoms. The summed E-state index contributed by atoms with van der Waals surface area (Å²) < 4.78 is 31.6. The van der Waals surface area contributed by atoms with E-state index in [-0.39, 0.29) is 23.9 Å². The van der Waals surface area contributed by atoms with E-state index in [4.69, 9.17) is 16.3 Å². The molecule has 0 aromatic heterocycles. The van der Waals surface area contributed by atoms with E-state index in [2.05, 4.69) is 0 Å². The number of sulfonamides is 1. The van der Waals surface area contributed by atoms with Crippen molar-refractivity contribution in [3.8, 4) is 0 Å². The molecule has 1 saturated heterocycles. The van der Waals surface area contributed by atoms with Crippen molar-refractivity contribution in [3.63, 3.8) is 0 Å². The van der Waals surface area contributed by atoms with Crippen LogP contribution in [0.2, 0.25) is 5.02 Å². The van der Waals surface area contributed by atoms with Gasteiger partial charge in [0.05, 0.1) is 18.0 Å². The van der Waals surface area contributed by atoms with Gasteiger partial charge in [-0.05, 0) is 31.2 Å². The van der Waals surface area contributed by atoms with Gasteiger partial charge < -0.3 is 14.5 Å². The SMILES string of the molecule is CCOC(=O)N1CCN(C(=O)CN(CC)S(=O)(=O)c2ccc(Cl)cc2)CC1. The Morgan fingerprint density at radius 2 is 1.63 bits per heavy atom. The molecule has 8 nitrogen and oxygen atoms in total. The number of halogens is 1. The molecule has 2 amide bonds. The minimum Gasteiger partial charge on any atom is -0.450 e. The molecule has 0 N–H and O–H groups in total. The van der Waals surface area contributed by atoms with Crippen LogP contribution in [0.3, 0.4) is 0 Å². The van der Waals surface area contributed by atoms with Crippen LogP contribution in [-0.4, -0.2) is 80.4 Å². The summed E-state index contributed by atoms with van der Waals surface area (Å²) in [6.45, 7) is 5.04. The first kappa shape index (κ1) is 21.5. The van der Waals surface area contributed by atoms with E-state index in [1.165, 1.54) is 29.2 Å². The van der Waals surface area contributed by atoms with E-state index in [0.29, 0.717) is 37.8 Å². The zero-order valence-corrected chi connectivity index (χ0v) is 17.0. The van der Waals surface area contributed by atoms with E-state index >= 15 is 0 Å². The van der Waals surface area contributed by atoms with Gasteiger partial charge in [-0.25, -0.2) is 13.2 Å². The van der Waals surface area contributed by atoms with Gasteiger partial charge in [-0.15, -0.1) is 0 Å². The van der Waals surface area contributed by atoms with Gasteiger partial charge in [-0.2, -0.15) is 4.31 Å². The van der Waals surface area contributed by atoms with E-state index in [9.17, 15) is 18.0 Å². The highest BCUT2D eigenvalue weighted by Crippen LogP contribution is 2.18. The largest absolute Gasteiger partial charge is 0.450 e. The Morgan fingerprint density at radius 1 is 1.07 bits per heavy atom.